The molecule has 0 aliphatic heterocycles. The molecule has 2 aliphatic carbocycles. The van der Waals surface area contributed by atoms with Gasteiger partial charge in [-0.05, 0) is 137 Å². The summed E-state index contributed by atoms with van der Waals surface area (Å²) in [5.41, 5.74) is 6.76. The molecule has 2 unspecified atom stereocenters. The Labute approximate surface area is 400 Å². The van der Waals surface area contributed by atoms with Gasteiger partial charge in [0.25, 0.3) is 0 Å². The largest absolute Gasteiger partial charge is 0.493 e. The molecule has 4 aromatic carbocycles. The number of methoxy groups -OCH3 is 1. The number of rotatable bonds is 15. The van der Waals surface area contributed by atoms with Gasteiger partial charge < -0.3 is 33.2 Å². The number of esters is 6. The molecule has 0 spiro atoms. The molecule has 14 heteroatoms. The Bertz CT molecular complexity index is 2880. The van der Waals surface area contributed by atoms with E-state index < -0.39 is 53.8 Å². The summed E-state index contributed by atoms with van der Waals surface area (Å²) in [6.07, 6.45) is 0.716. The second-order valence-corrected chi connectivity index (χ2v) is 16.7. The minimum Gasteiger partial charge on any atom is -0.493 e. The van der Waals surface area contributed by atoms with E-state index in [4.69, 9.17) is 33.2 Å². The van der Waals surface area contributed by atoms with Crippen LogP contribution < -0.4 is 23.7 Å². The summed E-state index contributed by atoms with van der Waals surface area (Å²) in [6, 6.07) is 15.9. The zero-order valence-corrected chi connectivity index (χ0v) is 39.7. The molecule has 2 aliphatic rings. The first kappa shape index (κ1) is 51.8. The summed E-state index contributed by atoms with van der Waals surface area (Å²) in [5.74, 6) is -2.94. The second-order valence-electron chi connectivity index (χ2n) is 16.7. The molecule has 69 heavy (non-hydrogen) atoms. The van der Waals surface area contributed by atoms with Crippen LogP contribution in [0.2, 0.25) is 0 Å². The van der Waals surface area contributed by atoms with E-state index >= 15 is 0 Å². The first-order valence-electron chi connectivity index (χ1n) is 21.6. The molecule has 0 saturated heterocycles. The van der Waals surface area contributed by atoms with Gasteiger partial charge in [0.2, 0.25) is 0 Å². The van der Waals surface area contributed by atoms with Gasteiger partial charge in [-0.25, -0.2) is 33.2 Å². The van der Waals surface area contributed by atoms with E-state index in [-0.39, 0.29) is 50.7 Å². The summed E-state index contributed by atoms with van der Waals surface area (Å²) >= 11 is 0. The third kappa shape index (κ3) is 12.5. The van der Waals surface area contributed by atoms with Crippen molar-refractivity contribution in [2.45, 2.75) is 79.4 Å². The van der Waals surface area contributed by atoms with E-state index in [0.717, 1.165) is 28.3 Å². The van der Waals surface area contributed by atoms with Crippen LogP contribution in [0.3, 0.4) is 0 Å². The lowest BCUT2D eigenvalue weighted by molar-refractivity contribution is -0.145. The van der Waals surface area contributed by atoms with Crippen LogP contribution in [0.4, 0.5) is 4.39 Å². The van der Waals surface area contributed by atoms with Crippen molar-refractivity contribution < 1.29 is 66.3 Å². The number of fused-ring (bicyclic) bond motifs is 2. The normalized spacial score (nSPS) is 14.0. The highest BCUT2D eigenvalue weighted by Crippen LogP contribution is 2.48. The van der Waals surface area contributed by atoms with Crippen molar-refractivity contribution in [3.8, 4) is 51.0 Å². The maximum Gasteiger partial charge on any atom is 0.338 e. The van der Waals surface area contributed by atoms with Crippen LogP contribution in [0, 0.1) is 5.82 Å². The smallest absolute Gasteiger partial charge is 0.338 e. The number of benzene rings is 4. The van der Waals surface area contributed by atoms with Crippen molar-refractivity contribution in [2.24, 2.45) is 0 Å². The summed E-state index contributed by atoms with van der Waals surface area (Å²) in [7, 11) is 1.48. The Balaban J connectivity index is 0.000000258. The van der Waals surface area contributed by atoms with Crippen LogP contribution >= 0.6 is 0 Å². The highest BCUT2D eigenvalue weighted by molar-refractivity contribution is 5.92. The average molecular weight is 941 g/mol. The zero-order chi connectivity index (χ0) is 51.0. The molecule has 0 amide bonds. The second kappa shape index (κ2) is 22.1. The first-order chi connectivity index (χ1) is 32.5. The number of halogens is 1. The van der Waals surface area contributed by atoms with E-state index in [0.29, 0.717) is 59.4 Å². The highest BCUT2D eigenvalue weighted by atomic mass is 19.1. The van der Waals surface area contributed by atoms with Crippen molar-refractivity contribution in [3.63, 3.8) is 0 Å². The fraction of sp³-hybridized carbons (Fsp3) is 0.236. The molecule has 0 aromatic heterocycles. The van der Waals surface area contributed by atoms with Gasteiger partial charge in [0, 0.05) is 50.6 Å². The number of ether oxygens (including phenoxy) is 7. The molecule has 0 saturated carbocycles. The molecular formula is C55H53FO13. The molecule has 0 heterocycles. The van der Waals surface area contributed by atoms with Crippen molar-refractivity contribution in [1.82, 2.24) is 0 Å². The number of carbonyl (C=O) groups is 6. The minimum absolute atomic E-state index is 0.0257. The third-order valence-corrected chi connectivity index (χ3v) is 10.7. The lowest BCUT2D eigenvalue weighted by atomic mass is 9.95. The SMILES string of the molecule is C=C(C)C(=O)Oc1cc(-c2ccc(OC(=O)C(=C)C)c3c2CCC3OC(=O)C(=C)C)ccc1OC.C=C(C)C(=O)Oc1cc(F)cc(-c2ccc(OC(=O)C(=C)C)c3c2CCC3OC(=O)C(=C)C)c1. The monoisotopic (exact) mass is 940 g/mol. The Hall–Kier alpha value is -8.13. The van der Waals surface area contributed by atoms with Crippen LogP contribution in [0.15, 0.2) is 134 Å². The summed E-state index contributed by atoms with van der Waals surface area (Å²) in [5, 5.41) is 0. The summed E-state index contributed by atoms with van der Waals surface area (Å²) in [6.45, 7) is 30.9. The van der Waals surface area contributed by atoms with E-state index in [2.05, 4.69) is 39.5 Å². The lowest BCUT2D eigenvalue weighted by Gasteiger charge is -2.19. The van der Waals surface area contributed by atoms with Crippen molar-refractivity contribution >= 4 is 35.8 Å². The van der Waals surface area contributed by atoms with Crippen LogP contribution in [-0.4, -0.2) is 42.9 Å². The Kier molecular flexibility index (Phi) is 16.6. The van der Waals surface area contributed by atoms with Gasteiger partial charge in [-0.2, -0.15) is 0 Å². The standard InChI is InChI=1S/C28H28O7.C27H25FO6/c1-15(2)26(29)33-22-12-9-19(20-10-13-23(25(20)22)34-27(30)16(3)4)18-8-11-21(32-7)24(14-18)35-28(31)17(5)6;1-14(2)25(29)32-19-12-17(11-18(28)13-19)20-7-9-22(33-26(30)15(3)4)24-21(20)8-10-23(24)34-27(31)16(5)6/h8-9,11-12,14,23H,1,3,5,10,13H2,2,4,6-7H3;7,9,11-13,23H,1,3,5,8,10H2,2,4,6H3. The first-order valence-corrected chi connectivity index (χ1v) is 21.6. The van der Waals surface area contributed by atoms with Gasteiger partial charge in [0.05, 0.1) is 7.11 Å². The highest BCUT2D eigenvalue weighted by Gasteiger charge is 2.35. The van der Waals surface area contributed by atoms with Gasteiger partial charge >= 0.3 is 35.8 Å². The fourth-order valence-electron chi connectivity index (χ4n) is 7.24. The van der Waals surface area contributed by atoms with Gasteiger partial charge in [-0.15, -0.1) is 0 Å². The Morgan fingerprint density at radius 1 is 0.464 bits per heavy atom. The molecule has 6 rings (SSSR count). The van der Waals surface area contributed by atoms with Gasteiger partial charge in [-0.1, -0.05) is 57.7 Å². The molecule has 0 bridgehead atoms. The van der Waals surface area contributed by atoms with Crippen LogP contribution in [0.1, 0.15) is 88.8 Å². The van der Waals surface area contributed by atoms with Crippen molar-refractivity contribution in [2.75, 3.05) is 7.11 Å². The molecule has 13 nitrogen and oxygen atoms in total. The van der Waals surface area contributed by atoms with E-state index in [9.17, 15) is 33.2 Å². The zero-order valence-electron chi connectivity index (χ0n) is 39.7. The fourth-order valence-corrected chi connectivity index (χ4v) is 7.24. The summed E-state index contributed by atoms with van der Waals surface area (Å²) < 4.78 is 52.8. The Morgan fingerprint density at radius 2 is 0.855 bits per heavy atom. The molecule has 358 valence electrons. The number of hydrogen-bond acceptors (Lipinski definition) is 13. The van der Waals surface area contributed by atoms with Crippen LogP contribution in [0.25, 0.3) is 22.3 Å². The average Bonchev–Trinajstić information content (AvgIpc) is 3.91. The Morgan fingerprint density at radius 3 is 1.28 bits per heavy atom. The maximum atomic E-state index is 14.4. The summed E-state index contributed by atoms with van der Waals surface area (Å²) in [4.78, 5) is 73.0. The van der Waals surface area contributed by atoms with Gasteiger partial charge in [0.15, 0.2) is 11.5 Å². The van der Waals surface area contributed by atoms with E-state index in [1.54, 1.807) is 51.1 Å². The molecule has 0 fully saturated rings. The van der Waals surface area contributed by atoms with E-state index in [1.807, 2.05) is 12.1 Å². The van der Waals surface area contributed by atoms with Gasteiger partial charge in [0.1, 0.15) is 35.3 Å². The van der Waals surface area contributed by atoms with Gasteiger partial charge in [-0.3, -0.25) is 0 Å². The third-order valence-electron chi connectivity index (χ3n) is 10.7. The maximum absolute atomic E-state index is 14.4. The predicted molar refractivity (Wildman–Crippen MR) is 256 cm³/mol. The molecule has 0 radical (unpaired) electrons. The van der Waals surface area contributed by atoms with Crippen molar-refractivity contribution in [1.29, 1.82) is 0 Å². The predicted octanol–water partition coefficient (Wildman–Crippen LogP) is 11.0. The molecule has 2 atom stereocenters. The molecule has 0 N–H and O–H groups in total. The number of hydrogen-bond donors (Lipinski definition) is 0. The van der Waals surface area contributed by atoms with Crippen LogP contribution in [0.5, 0.6) is 28.7 Å². The van der Waals surface area contributed by atoms with Crippen molar-refractivity contribution in [3.05, 3.63) is 162 Å². The minimum atomic E-state index is -0.679. The van der Waals surface area contributed by atoms with E-state index in [1.165, 1.54) is 40.0 Å². The van der Waals surface area contributed by atoms with Crippen LogP contribution in [-0.2, 0) is 51.1 Å². The quantitative estimate of drug-likeness (QED) is 0.0628. The molecule has 4 aromatic rings. The topological polar surface area (TPSA) is 167 Å². The number of carbonyl (C=O) groups excluding carboxylic acids is 6. The molecular weight excluding hydrogens is 888 g/mol. The lowest BCUT2D eigenvalue weighted by Crippen LogP contribution is -2.14.